The van der Waals surface area contributed by atoms with E-state index in [1.807, 2.05) is 0 Å². The molecule has 0 aromatic heterocycles. The minimum absolute atomic E-state index is 0.0785. The molecule has 0 spiro atoms. The molecule has 2 aromatic carbocycles. The minimum atomic E-state index is -0.822. The molecule has 2 aromatic rings. The van der Waals surface area contributed by atoms with Gasteiger partial charge < -0.3 is 24.3 Å². The molecule has 0 radical (unpaired) electrons. The van der Waals surface area contributed by atoms with E-state index in [4.69, 9.17) is 18.9 Å². The zero-order chi connectivity index (χ0) is 24.7. The van der Waals surface area contributed by atoms with Crippen molar-refractivity contribution in [1.82, 2.24) is 10.4 Å². The Morgan fingerprint density at radius 1 is 0.971 bits per heavy atom. The number of anilines is 1. The van der Waals surface area contributed by atoms with E-state index in [0.29, 0.717) is 22.9 Å². The lowest BCUT2D eigenvalue weighted by Gasteiger charge is -2.18. The summed E-state index contributed by atoms with van der Waals surface area (Å²) < 4.78 is 20.5. The Kier molecular flexibility index (Phi) is 7.91. The third-order valence-electron chi connectivity index (χ3n) is 5.07. The number of nitrogens with zero attached hydrogens (tertiary/aromatic N) is 1. The van der Waals surface area contributed by atoms with Crippen LogP contribution in [-0.2, 0) is 19.1 Å². The minimum Gasteiger partial charge on any atom is -0.495 e. The fourth-order valence-corrected chi connectivity index (χ4v) is 3.33. The first-order chi connectivity index (χ1) is 16.4. The van der Waals surface area contributed by atoms with Gasteiger partial charge in [0, 0.05) is 12.0 Å². The van der Waals surface area contributed by atoms with Gasteiger partial charge in [0.1, 0.15) is 5.75 Å². The maximum absolute atomic E-state index is 12.6. The van der Waals surface area contributed by atoms with Crippen LogP contribution in [0.25, 0.3) is 0 Å². The van der Waals surface area contributed by atoms with Crippen LogP contribution in [-0.4, -0.2) is 63.2 Å². The summed E-state index contributed by atoms with van der Waals surface area (Å²) in [5.74, 6) is -1.83. The molecule has 0 aliphatic carbocycles. The number of esters is 1. The molecule has 3 rings (SSSR count). The van der Waals surface area contributed by atoms with Gasteiger partial charge in [-0.3, -0.25) is 29.6 Å². The van der Waals surface area contributed by atoms with Crippen LogP contribution in [0.3, 0.4) is 0 Å². The molecule has 1 aliphatic rings. The van der Waals surface area contributed by atoms with E-state index in [1.165, 1.54) is 33.5 Å². The van der Waals surface area contributed by atoms with Crippen LogP contribution in [0, 0.1) is 5.92 Å². The number of rotatable bonds is 9. The fraction of sp³-hybridized carbons (Fsp3) is 0.304. The van der Waals surface area contributed by atoms with E-state index in [1.54, 1.807) is 30.3 Å². The topological polar surface area (TPSA) is 132 Å². The Balaban J connectivity index is 1.52. The van der Waals surface area contributed by atoms with E-state index >= 15 is 0 Å². The van der Waals surface area contributed by atoms with E-state index in [0.717, 1.165) is 5.01 Å². The Labute approximate surface area is 195 Å². The van der Waals surface area contributed by atoms with E-state index in [9.17, 15) is 19.2 Å². The molecule has 1 saturated heterocycles. The van der Waals surface area contributed by atoms with Crippen LogP contribution in [0.4, 0.5) is 5.69 Å². The number of carbonyl (C=O) groups excluding carboxylic acids is 4. The van der Waals surface area contributed by atoms with Gasteiger partial charge in [-0.1, -0.05) is 12.1 Å². The molecule has 180 valence electrons. The average Bonchev–Trinajstić information content (AvgIpc) is 3.22. The summed E-state index contributed by atoms with van der Waals surface area (Å²) in [6.45, 7) is -0.607. The standard InChI is InChI=1S/C23H25N3O8/c1-31-17-7-5-4-6-16(17)24-20(27)13-34-23(30)15-11-21(28)26(12-15)25-22(29)14-8-9-18(32-2)19(10-14)33-3/h4-10,15H,11-13H2,1-3H3,(H,24,27)(H,25,29)/t15-/m0/s1. The number of hydrogen-bond donors (Lipinski definition) is 2. The van der Waals surface area contributed by atoms with Crippen molar-refractivity contribution in [1.29, 1.82) is 0 Å². The van der Waals surface area contributed by atoms with Crippen LogP contribution in [0.2, 0.25) is 0 Å². The van der Waals surface area contributed by atoms with Crippen molar-refractivity contribution in [2.75, 3.05) is 39.8 Å². The van der Waals surface area contributed by atoms with Gasteiger partial charge in [-0.05, 0) is 30.3 Å². The van der Waals surface area contributed by atoms with Crippen molar-refractivity contribution < 1.29 is 38.1 Å². The van der Waals surface area contributed by atoms with Crippen LogP contribution in [0.5, 0.6) is 17.2 Å². The van der Waals surface area contributed by atoms with Crippen LogP contribution in [0.1, 0.15) is 16.8 Å². The molecule has 1 heterocycles. The second-order valence-electron chi connectivity index (χ2n) is 7.27. The Hall–Kier alpha value is -4.28. The molecular weight excluding hydrogens is 446 g/mol. The largest absolute Gasteiger partial charge is 0.495 e. The molecular formula is C23H25N3O8. The highest BCUT2D eigenvalue weighted by Gasteiger charge is 2.36. The molecule has 11 heteroatoms. The number of para-hydroxylation sites is 2. The molecule has 0 bridgehead atoms. The van der Waals surface area contributed by atoms with Crippen LogP contribution >= 0.6 is 0 Å². The zero-order valence-corrected chi connectivity index (χ0v) is 19.0. The summed E-state index contributed by atoms with van der Waals surface area (Å²) in [4.78, 5) is 49.4. The predicted octanol–water partition coefficient (Wildman–Crippen LogP) is 1.39. The number of carbonyl (C=O) groups is 4. The number of hydrazine groups is 1. The number of ether oxygens (including phenoxy) is 4. The number of hydrogen-bond acceptors (Lipinski definition) is 8. The molecule has 0 unspecified atom stereocenters. The van der Waals surface area contributed by atoms with Crippen LogP contribution < -0.4 is 25.0 Å². The van der Waals surface area contributed by atoms with Crippen molar-refractivity contribution in [3.8, 4) is 17.2 Å². The summed E-state index contributed by atoms with van der Waals surface area (Å²) in [5.41, 5.74) is 3.15. The maximum Gasteiger partial charge on any atom is 0.311 e. The lowest BCUT2D eigenvalue weighted by molar-refractivity contribution is -0.151. The lowest BCUT2D eigenvalue weighted by atomic mass is 10.1. The second kappa shape index (κ2) is 11.0. The Morgan fingerprint density at radius 3 is 2.38 bits per heavy atom. The molecule has 11 nitrogen and oxygen atoms in total. The highest BCUT2D eigenvalue weighted by molar-refractivity contribution is 5.97. The molecule has 1 fully saturated rings. The summed E-state index contributed by atoms with van der Waals surface area (Å²) in [5, 5.41) is 3.65. The Morgan fingerprint density at radius 2 is 1.68 bits per heavy atom. The van der Waals surface area contributed by atoms with Crippen molar-refractivity contribution >= 4 is 29.4 Å². The van der Waals surface area contributed by atoms with E-state index in [-0.39, 0.29) is 18.5 Å². The molecule has 2 N–H and O–H groups in total. The average molecular weight is 471 g/mol. The first-order valence-corrected chi connectivity index (χ1v) is 10.3. The van der Waals surface area contributed by atoms with Gasteiger partial charge in [0.25, 0.3) is 11.8 Å². The zero-order valence-electron chi connectivity index (χ0n) is 19.0. The van der Waals surface area contributed by atoms with Gasteiger partial charge in [0.15, 0.2) is 18.1 Å². The van der Waals surface area contributed by atoms with Gasteiger partial charge in [0.2, 0.25) is 5.91 Å². The van der Waals surface area contributed by atoms with Gasteiger partial charge in [-0.2, -0.15) is 0 Å². The molecule has 3 amide bonds. The molecule has 1 atom stereocenters. The summed E-state index contributed by atoms with van der Waals surface area (Å²) in [6, 6.07) is 11.4. The predicted molar refractivity (Wildman–Crippen MR) is 119 cm³/mol. The number of nitrogens with one attached hydrogen (secondary N) is 2. The number of benzene rings is 2. The highest BCUT2D eigenvalue weighted by Crippen LogP contribution is 2.28. The third-order valence-corrected chi connectivity index (χ3v) is 5.07. The maximum atomic E-state index is 12.6. The normalized spacial score (nSPS) is 14.9. The first kappa shape index (κ1) is 24.4. The summed E-state index contributed by atoms with van der Waals surface area (Å²) in [6.07, 6.45) is -0.154. The van der Waals surface area contributed by atoms with Crippen molar-refractivity contribution in [2.45, 2.75) is 6.42 Å². The quantitative estimate of drug-likeness (QED) is 0.525. The molecule has 0 saturated carbocycles. The molecule has 1 aliphatic heterocycles. The molecule has 34 heavy (non-hydrogen) atoms. The third kappa shape index (κ3) is 5.74. The first-order valence-electron chi connectivity index (χ1n) is 10.3. The lowest BCUT2D eigenvalue weighted by Crippen LogP contribution is -2.43. The Bertz CT molecular complexity index is 1090. The van der Waals surface area contributed by atoms with E-state index < -0.39 is 36.2 Å². The second-order valence-corrected chi connectivity index (χ2v) is 7.27. The van der Waals surface area contributed by atoms with Gasteiger partial charge in [-0.25, -0.2) is 0 Å². The van der Waals surface area contributed by atoms with Crippen molar-refractivity contribution in [3.05, 3.63) is 48.0 Å². The number of methoxy groups -OCH3 is 3. The van der Waals surface area contributed by atoms with Gasteiger partial charge in [-0.15, -0.1) is 0 Å². The fourth-order valence-electron chi connectivity index (χ4n) is 3.33. The smallest absolute Gasteiger partial charge is 0.311 e. The van der Waals surface area contributed by atoms with E-state index in [2.05, 4.69) is 10.7 Å². The number of amides is 3. The monoisotopic (exact) mass is 471 g/mol. The van der Waals surface area contributed by atoms with Gasteiger partial charge in [0.05, 0.1) is 39.5 Å². The SMILES string of the molecule is COc1ccccc1NC(=O)COC(=O)[C@H]1CC(=O)N(NC(=O)c2ccc(OC)c(OC)c2)C1. The van der Waals surface area contributed by atoms with Crippen LogP contribution in [0.15, 0.2) is 42.5 Å². The summed E-state index contributed by atoms with van der Waals surface area (Å²) in [7, 11) is 4.38. The van der Waals surface area contributed by atoms with Crippen molar-refractivity contribution in [3.63, 3.8) is 0 Å². The summed E-state index contributed by atoms with van der Waals surface area (Å²) >= 11 is 0. The highest BCUT2D eigenvalue weighted by atomic mass is 16.5. The van der Waals surface area contributed by atoms with Crippen molar-refractivity contribution in [2.24, 2.45) is 5.92 Å². The van der Waals surface area contributed by atoms with Gasteiger partial charge >= 0.3 is 5.97 Å².